The molecule has 0 unspecified atom stereocenters. The monoisotopic (exact) mass is 296 g/mol. The number of rotatable bonds is 5. The van der Waals surface area contributed by atoms with Crippen LogP contribution in [-0.4, -0.2) is 17.3 Å². The maximum Gasteiger partial charge on any atom is 0.254 e. The second-order valence-corrected chi connectivity index (χ2v) is 4.78. The fraction of sp³-hybridized carbons (Fsp3) is 0.176. The van der Waals surface area contributed by atoms with E-state index in [-0.39, 0.29) is 6.61 Å². The van der Waals surface area contributed by atoms with Crippen LogP contribution in [0.3, 0.4) is 0 Å². The Morgan fingerprint density at radius 2 is 1.68 bits per heavy atom. The van der Waals surface area contributed by atoms with Gasteiger partial charge in [-0.3, -0.25) is 0 Å². The Balaban J connectivity index is 1.68. The highest BCUT2D eigenvalue weighted by atomic mass is 16.5. The van der Waals surface area contributed by atoms with Crippen LogP contribution >= 0.6 is 0 Å². The third kappa shape index (κ3) is 3.09. The molecule has 0 aliphatic carbocycles. The summed E-state index contributed by atoms with van der Waals surface area (Å²) < 4.78 is 16.4. The van der Waals surface area contributed by atoms with Crippen LogP contribution in [0.4, 0.5) is 0 Å². The Labute approximate surface area is 128 Å². The van der Waals surface area contributed by atoms with Crippen molar-refractivity contribution in [3.63, 3.8) is 0 Å². The van der Waals surface area contributed by atoms with E-state index in [0.29, 0.717) is 11.8 Å². The molecule has 2 aromatic carbocycles. The van der Waals surface area contributed by atoms with Crippen molar-refractivity contribution in [2.45, 2.75) is 13.5 Å². The van der Waals surface area contributed by atoms with E-state index in [1.807, 2.05) is 55.5 Å². The number of aromatic nitrogens is 2. The van der Waals surface area contributed by atoms with Crippen molar-refractivity contribution in [1.82, 2.24) is 10.2 Å². The van der Waals surface area contributed by atoms with Gasteiger partial charge in [-0.25, -0.2) is 0 Å². The lowest BCUT2D eigenvalue weighted by molar-refractivity contribution is 0.264. The largest absolute Gasteiger partial charge is 0.497 e. The zero-order valence-corrected chi connectivity index (χ0v) is 12.4. The lowest BCUT2D eigenvalue weighted by Gasteiger charge is -2.04. The molecule has 1 heterocycles. The molecule has 22 heavy (non-hydrogen) atoms. The Kier molecular flexibility index (Phi) is 4.05. The second-order valence-electron chi connectivity index (χ2n) is 4.78. The van der Waals surface area contributed by atoms with Gasteiger partial charge in [-0.05, 0) is 42.8 Å². The maximum atomic E-state index is 5.65. The van der Waals surface area contributed by atoms with E-state index < -0.39 is 0 Å². The number of hydrogen-bond donors (Lipinski definition) is 0. The first kappa shape index (κ1) is 14.1. The van der Waals surface area contributed by atoms with Gasteiger partial charge in [0.15, 0.2) is 6.61 Å². The number of benzene rings is 2. The highest BCUT2D eigenvalue weighted by molar-refractivity contribution is 5.57. The third-order valence-electron chi connectivity index (χ3n) is 3.26. The van der Waals surface area contributed by atoms with Crippen molar-refractivity contribution in [2.75, 3.05) is 7.11 Å². The van der Waals surface area contributed by atoms with Crippen LogP contribution in [0, 0.1) is 6.92 Å². The van der Waals surface area contributed by atoms with Gasteiger partial charge in [0.05, 0.1) is 7.11 Å². The smallest absolute Gasteiger partial charge is 0.254 e. The molecule has 112 valence electrons. The highest BCUT2D eigenvalue weighted by Crippen LogP contribution is 2.22. The SMILES string of the molecule is COc1ccc(OCc2nnc(-c3ccccc3C)o2)cc1. The zero-order valence-electron chi connectivity index (χ0n) is 12.4. The van der Waals surface area contributed by atoms with Gasteiger partial charge < -0.3 is 13.9 Å². The van der Waals surface area contributed by atoms with Crippen molar-refractivity contribution < 1.29 is 13.9 Å². The van der Waals surface area contributed by atoms with E-state index in [2.05, 4.69) is 10.2 Å². The van der Waals surface area contributed by atoms with Crippen molar-refractivity contribution >= 4 is 0 Å². The third-order valence-corrected chi connectivity index (χ3v) is 3.26. The molecule has 0 N–H and O–H groups in total. The molecule has 0 fully saturated rings. The molecule has 1 aromatic heterocycles. The first-order chi connectivity index (χ1) is 10.8. The minimum absolute atomic E-state index is 0.227. The summed E-state index contributed by atoms with van der Waals surface area (Å²) in [5, 5.41) is 8.09. The number of methoxy groups -OCH3 is 1. The average Bonchev–Trinajstić information content (AvgIpc) is 3.02. The summed E-state index contributed by atoms with van der Waals surface area (Å²) in [5.74, 6) is 2.45. The summed E-state index contributed by atoms with van der Waals surface area (Å²) in [7, 11) is 1.63. The summed E-state index contributed by atoms with van der Waals surface area (Å²) in [4.78, 5) is 0. The zero-order chi connectivity index (χ0) is 15.4. The van der Waals surface area contributed by atoms with Gasteiger partial charge in [0.2, 0.25) is 5.89 Å². The van der Waals surface area contributed by atoms with Crippen LogP contribution in [0.2, 0.25) is 0 Å². The van der Waals surface area contributed by atoms with Gasteiger partial charge >= 0.3 is 0 Å². The van der Waals surface area contributed by atoms with Crippen LogP contribution in [0.25, 0.3) is 11.5 Å². The molecule has 0 bridgehead atoms. The van der Waals surface area contributed by atoms with Crippen LogP contribution < -0.4 is 9.47 Å². The predicted octanol–water partition coefficient (Wildman–Crippen LogP) is 3.63. The minimum Gasteiger partial charge on any atom is -0.497 e. The molecule has 3 aromatic rings. The molecule has 0 spiro atoms. The Hall–Kier alpha value is -2.82. The lowest BCUT2D eigenvalue weighted by Crippen LogP contribution is -1.95. The minimum atomic E-state index is 0.227. The lowest BCUT2D eigenvalue weighted by atomic mass is 10.1. The van der Waals surface area contributed by atoms with Gasteiger partial charge in [-0.2, -0.15) is 0 Å². The fourth-order valence-electron chi connectivity index (χ4n) is 2.05. The number of nitrogens with zero attached hydrogens (tertiary/aromatic N) is 2. The van der Waals surface area contributed by atoms with Gasteiger partial charge in [0.1, 0.15) is 11.5 Å². The standard InChI is InChI=1S/C17H16N2O3/c1-12-5-3-4-6-15(12)17-19-18-16(22-17)11-21-14-9-7-13(20-2)8-10-14/h3-10H,11H2,1-2H3. The topological polar surface area (TPSA) is 57.4 Å². The first-order valence-corrected chi connectivity index (χ1v) is 6.91. The molecular formula is C17H16N2O3. The van der Waals surface area contributed by atoms with Crippen LogP contribution in [0.15, 0.2) is 52.9 Å². The quantitative estimate of drug-likeness (QED) is 0.719. The van der Waals surface area contributed by atoms with E-state index >= 15 is 0 Å². The van der Waals surface area contributed by atoms with Crippen molar-refractivity contribution in [3.8, 4) is 23.0 Å². The van der Waals surface area contributed by atoms with Gasteiger partial charge in [-0.1, -0.05) is 18.2 Å². The fourth-order valence-corrected chi connectivity index (χ4v) is 2.05. The van der Waals surface area contributed by atoms with E-state index in [4.69, 9.17) is 13.9 Å². The summed E-state index contributed by atoms with van der Waals surface area (Å²) in [5.41, 5.74) is 2.03. The molecule has 0 saturated carbocycles. The maximum absolute atomic E-state index is 5.65. The second kappa shape index (κ2) is 6.30. The summed E-state index contributed by atoms with van der Waals surface area (Å²) in [6, 6.07) is 15.2. The van der Waals surface area contributed by atoms with Gasteiger partial charge in [-0.15, -0.1) is 10.2 Å². The number of hydrogen-bond acceptors (Lipinski definition) is 5. The molecule has 0 amide bonds. The van der Waals surface area contributed by atoms with Crippen molar-refractivity contribution in [2.24, 2.45) is 0 Å². The molecule has 5 nitrogen and oxygen atoms in total. The molecule has 0 atom stereocenters. The summed E-state index contributed by atoms with van der Waals surface area (Å²) in [6.07, 6.45) is 0. The summed E-state index contributed by atoms with van der Waals surface area (Å²) in [6.45, 7) is 2.23. The van der Waals surface area contributed by atoms with Crippen LogP contribution in [-0.2, 0) is 6.61 Å². The molecule has 0 saturated heterocycles. The van der Waals surface area contributed by atoms with Gasteiger partial charge in [0, 0.05) is 5.56 Å². The van der Waals surface area contributed by atoms with E-state index in [1.165, 1.54) is 0 Å². The van der Waals surface area contributed by atoms with E-state index in [1.54, 1.807) is 7.11 Å². The Bertz CT molecular complexity index is 751. The highest BCUT2D eigenvalue weighted by Gasteiger charge is 2.10. The van der Waals surface area contributed by atoms with E-state index in [9.17, 15) is 0 Å². The van der Waals surface area contributed by atoms with Crippen molar-refractivity contribution in [3.05, 3.63) is 60.0 Å². The van der Waals surface area contributed by atoms with E-state index in [0.717, 1.165) is 22.6 Å². The first-order valence-electron chi connectivity index (χ1n) is 6.91. The normalized spacial score (nSPS) is 10.5. The molecule has 3 rings (SSSR count). The number of aryl methyl sites for hydroxylation is 1. The average molecular weight is 296 g/mol. The molecule has 0 radical (unpaired) electrons. The van der Waals surface area contributed by atoms with Gasteiger partial charge in [0.25, 0.3) is 5.89 Å². The van der Waals surface area contributed by atoms with Crippen LogP contribution in [0.1, 0.15) is 11.5 Å². The molecular weight excluding hydrogens is 280 g/mol. The predicted molar refractivity (Wildman–Crippen MR) is 81.8 cm³/mol. The number of ether oxygens (including phenoxy) is 2. The molecule has 5 heteroatoms. The Morgan fingerprint density at radius 3 is 2.41 bits per heavy atom. The summed E-state index contributed by atoms with van der Waals surface area (Å²) >= 11 is 0. The molecule has 0 aliphatic heterocycles. The van der Waals surface area contributed by atoms with Crippen LogP contribution in [0.5, 0.6) is 11.5 Å². The molecule has 0 aliphatic rings. The Morgan fingerprint density at radius 1 is 0.955 bits per heavy atom. The van der Waals surface area contributed by atoms with Crippen molar-refractivity contribution in [1.29, 1.82) is 0 Å².